The average molecular weight is 458 g/mol. The molecule has 0 aliphatic carbocycles. The minimum absolute atomic E-state index is 0.00309. The molecule has 0 bridgehead atoms. The summed E-state index contributed by atoms with van der Waals surface area (Å²) in [7, 11) is 3.00. The molecule has 3 aromatic rings. The zero-order valence-corrected chi connectivity index (χ0v) is 19.4. The van der Waals surface area contributed by atoms with Gasteiger partial charge < -0.3 is 24.6 Å². The van der Waals surface area contributed by atoms with Crippen LogP contribution in [0.3, 0.4) is 0 Å². The standard InChI is InChI=1S/C28H27NO5/c1-18-4-9-21(10-5-18)29-22(11-6-19-7-12-25(31)27(14-19)33-2)16-23(30)17-24(29)20-8-13-26(32)28(15-20)34-3/h4-16,24,31-32H,17H2,1-3H3/b11-6+. The smallest absolute Gasteiger partial charge is 0.161 e. The van der Waals surface area contributed by atoms with Crippen molar-refractivity contribution in [1.82, 2.24) is 0 Å². The highest BCUT2D eigenvalue weighted by atomic mass is 16.5. The summed E-state index contributed by atoms with van der Waals surface area (Å²) in [5, 5.41) is 19.9. The Bertz CT molecular complexity index is 1260. The number of ether oxygens (including phenoxy) is 2. The van der Waals surface area contributed by atoms with Crippen LogP contribution < -0.4 is 14.4 Å². The number of benzene rings is 3. The zero-order valence-electron chi connectivity index (χ0n) is 19.4. The van der Waals surface area contributed by atoms with Gasteiger partial charge in [0.15, 0.2) is 28.8 Å². The van der Waals surface area contributed by atoms with Crippen molar-refractivity contribution in [3.8, 4) is 23.0 Å². The first-order chi connectivity index (χ1) is 16.4. The molecule has 6 nitrogen and oxygen atoms in total. The van der Waals surface area contributed by atoms with Gasteiger partial charge in [-0.15, -0.1) is 0 Å². The molecule has 0 amide bonds. The van der Waals surface area contributed by atoms with E-state index in [-0.39, 0.29) is 29.7 Å². The quantitative estimate of drug-likeness (QED) is 0.506. The van der Waals surface area contributed by atoms with E-state index in [1.54, 1.807) is 36.4 Å². The molecule has 0 saturated carbocycles. The summed E-state index contributed by atoms with van der Waals surface area (Å²) in [4.78, 5) is 14.9. The van der Waals surface area contributed by atoms with Gasteiger partial charge in [0.2, 0.25) is 0 Å². The molecule has 4 rings (SSSR count). The molecule has 1 aliphatic heterocycles. The van der Waals surface area contributed by atoms with E-state index in [4.69, 9.17) is 9.47 Å². The van der Waals surface area contributed by atoms with Crippen molar-refractivity contribution < 1.29 is 24.5 Å². The summed E-state index contributed by atoms with van der Waals surface area (Å²) in [6.45, 7) is 2.03. The Kier molecular flexibility index (Phi) is 6.59. The molecule has 3 aromatic carbocycles. The van der Waals surface area contributed by atoms with E-state index in [1.807, 2.05) is 49.4 Å². The van der Waals surface area contributed by atoms with E-state index in [0.29, 0.717) is 11.5 Å². The summed E-state index contributed by atoms with van der Waals surface area (Å²) in [6.07, 6.45) is 5.68. The Balaban J connectivity index is 1.79. The number of phenols is 2. The molecule has 0 saturated heterocycles. The van der Waals surface area contributed by atoms with Gasteiger partial charge in [0.25, 0.3) is 0 Å². The molecule has 1 heterocycles. The fourth-order valence-corrected chi connectivity index (χ4v) is 4.07. The van der Waals surface area contributed by atoms with Crippen LogP contribution in [-0.4, -0.2) is 30.2 Å². The predicted octanol–water partition coefficient (Wildman–Crippen LogP) is 5.54. The van der Waals surface area contributed by atoms with Crippen LogP contribution in [0.1, 0.15) is 29.2 Å². The number of phenolic OH excluding ortho intramolecular Hbond substituents is 2. The highest BCUT2D eigenvalue weighted by molar-refractivity contribution is 5.94. The first kappa shape index (κ1) is 23.0. The molecular weight excluding hydrogens is 430 g/mol. The van der Waals surface area contributed by atoms with E-state index in [9.17, 15) is 15.0 Å². The Morgan fingerprint density at radius 1 is 0.882 bits per heavy atom. The monoisotopic (exact) mass is 457 g/mol. The fraction of sp³-hybridized carbons (Fsp3) is 0.179. The number of nitrogens with zero attached hydrogens (tertiary/aromatic N) is 1. The fourth-order valence-electron chi connectivity index (χ4n) is 4.07. The summed E-state index contributed by atoms with van der Waals surface area (Å²) in [5.74, 6) is 0.849. The van der Waals surface area contributed by atoms with Gasteiger partial charge in [0, 0.05) is 23.9 Å². The Morgan fingerprint density at radius 3 is 2.21 bits per heavy atom. The van der Waals surface area contributed by atoms with Crippen LogP contribution in [0.5, 0.6) is 23.0 Å². The van der Waals surface area contributed by atoms with Crippen LogP contribution in [-0.2, 0) is 4.79 Å². The average Bonchev–Trinajstić information content (AvgIpc) is 2.84. The maximum Gasteiger partial charge on any atom is 0.161 e. The maximum absolute atomic E-state index is 12.8. The van der Waals surface area contributed by atoms with Crippen molar-refractivity contribution in [2.24, 2.45) is 0 Å². The highest BCUT2D eigenvalue weighted by Gasteiger charge is 2.30. The molecule has 1 aliphatic rings. The minimum Gasteiger partial charge on any atom is -0.504 e. The third-order valence-corrected chi connectivity index (χ3v) is 5.84. The molecule has 0 radical (unpaired) electrons. The van der Waals surface area contributed by atoms with Crippen molar-refractivity contribution in [3.63, 3.8) is 0 Å². The number of allylic oxidation sites excluding steroid dienone is 2. The number of aryl methyl sites for hydroxylation is 1. The molecule has 34 heavy (non-hydrogen) atoms. The van der Waals surface area contributed by atoms with Crippen molar-refractivity contribution >= 4 is 17.5 Å². The van der Waals surface area contributed by atoms with Gasteiger partial charge in [-0.1, -0.05) is 35.9 Å². The summed E-state index contributed by atoms with van der Waals surface area (Å²) in [5.41, 5.74) is 4.48. The Morgan fingerprint density at radius 2 is 1.53 bits per heavy atom. The largest absolute Gasteiger partial charge is 0.504 e. The molecule has 174 valence electrons. The highest BCUT2D eigenvalue weighted by Crippen LogP contribution is 2.40. The third kappa shape index (κ3) is 4.76. The topological polar surface area (TPSA) is 79.2 Å². The summed E-state index contributed by atoms with van der Waals surface area (Å²) < 4.78 is 10.5. The van der Waals surface area contributed by atoms with Crippen LogP contribution in [0.15, 0.2) is 78.5 Å². The number of hydrogen-bond donors (Lipinski definition) is 2. The second-order valence-corrected chi connectivity index (χ2v) is 8.16. The van der Waals surface area contributed by atoms with Gasteiger partial charge in [-0.05, 0) is 60.5 Å². The van der Waals surface area contributed by atoms with Gasteiger partial charge in [0.1, 0.15) is 0 Å². The van der Waals surface area contributed by atoms with Crippen molar-refractivity contribution in [2.45, 2.75) is 19.4 Å². The molecule has 1 atom stereocenters. The summed E-state index contributed by atoms with van der Waals surface area (Å²) >= 11 is 0. The lowest BCUT2D eigenvalue weighted by Gasteiger charge is -2.37. The number of hydrogen-bond acceptors (Lipinski definition) is 6. The lowest BCUT2D eigenvalue weighted by molar-refractivity contribution is -0.115. The SMILES string of the molecule is COc1cc(/C=C/C2=CC(=O)CC(c3ccc(O)c(OC)c3)N2c2ccc(C)cc2)ccc1O. The summed E-state index contributed by atoms with van der Waals surface area (Å²) in [6, 6.07) is 18.1. The lowest BCUT2D eigenvalue weighted by atomic mass is 9.93. The van der Waals surface area contributed by atoms with E-state index >= 15 is 0 Å². The second-order valence-electron chi connectivity index (χ2n) is 8.16. The number of aromatic hydroxyl groups is 2. The molecule has 0 aromatic heterocycles. The van der Waals surface area contributed by atoms with Gasteiger partial charge in [0.05, 0.1) is 20.3 Å². The predicted molar refractivity (Wildman–Crippen MR) is 132 cm³/mol. The van der Waals surface area contributed by atoms with Gasteiger partial charge >= 0.3 is 0 Å². The Hall–Kier alpha value is -4.19. The molecule has 6 heteroatoms. The third-order valence-electron chi connectivity index (χ3n) is 5.84. The van der Waals surface area contributed by atoms with Crippen LogP contribution >= 0.6 is 0 Å². The molecule has 2 N–H and O–H groups in total. The van der Waals surface area contributed by atoms with Crippen molar-refractivity contribution in [2.75, 3.05) is 19.1 Å². The van der Waals surface area contributed by atoms with Crippen LogP contribution in [0.4, 0.5) is 5.69 Å². The van der Waals surface area contributed by atoms with Crippen LogP contribution in [0.2, 0.25) is 0 Å². The second kappa shape index (κ2) is 9.75. The molecule has 1 unspecified atom stereocenters. The maximum atomic E-state index is 12.8. The molecule has 0 fully saturated rings. The van der Waals surface area contributed by atoms with E-state index in [0.717, 1.165) is 28.1 Å². The van der Waals surface area contributed by atoms with Crippen LogP contribution in [0, 0.1) is 6.92 Å². The molecular formula is C28H27NO5. The van der Waals surface area contributed by atoms with Crippen molar-refractivity contribution in [1.29, 1.82) is 0 Å². The number of methoxy groups -OCH3 is 2. The number of carbonyl (C=O) groups excluding carboxylic acids is 1. The first-order valence-electron chi connectivity index (χ1n) is 10.9. The Labute approximate surface area is 199 Å². The van der Waals surface area contributed by atoms with Crippen LogP contribution in [0.25, 0.3) is 6.08 Å². The lowest BCUT2D eigenvalue weighted by Crippen LogP contribution is -2.33. The van der Waals surface area contributed by atoms with E-state index in [1.165, 1.54) is 14.2 Å². The number of ketones is 1. The first-order valence-corrected chi connectivity index (χ1v) is 10.9. The van der Waals surface area contributed by atoms with E-state index < -0.39 is 0 Å². The van der Waals surface area contributed by atoms with Gasteiger partial charge in [-0.25, -0.2) is 0 Å². The molecule has 0 spiro atoms. The van der Waals surface area contributed by atoms with Crippen molar-refractivity contribution in [3.05, 3.63) is 95.2 Å². The van der Waals surface area contributed by atoms with Gasteiger partial charge in [-0.2, -0.15) is 0 Å². The normalized spacial score (nSPS) is 16.0. The van der Waals surface area contributed by atoms with E-state index in [2.05, 4.69) is 4.90 Å². The minimum atomic E-state index is -0.288. The number of rotatable bonds is 6. The number of carbonyl (C=O) groups is 1. The van der Waals surface area contributed by atoms with Gasteiger partial charge in [-0.3, -0.25) is 4.79 Å². The number of anilines is 1. The zero-order chi connectivity index (χ0) is 24.2.